The standard InChI is InChI=1S/C28H29N3O6S2.C27H27N3O6S2/c1-5-37-27(32)19-31(39(35,36)23-16-12-21(3)13-17-23)28-25-9-7-6-8-24(25)26(18-29-28)30(4)38(33,34)22-14-10-20(2)11-15-22;1-4-36-26(31)18-30(38(34,35)22-15-11-20(3)12-16-22)27-24-8-6-5-7-23(24)25(17-28-27)29-37(32,33)21-13-9-19(2)10-14-21/h6-18H,5,19H2,1-4H3;5-17,29H,4,18H2,1-3H3/i4D3;. The maximum absolute atomic E-state index is 13.9. The van der Waals surface area contributed by atoms with Gasteiger partial charge in [0.2, 0.25) is 0 Å². The van der Waals surface area contributed by atoms with Gasteiger partial charge in [-0.1, -0.05) is 119 Å². The summed E-state index contributed by atoms with van der Waals surface area (Å²) in [5.41, 5.74) is 3.25. The summed E-state index contributed by atoms with van der Waals surface area (Å²) in [6, 6.07) is 37.0. The van der Waals surface area contributed by atoms with Gasteiger partial charge < -0.3 is 9.47 Å². The summed E-state index contributed by atoms with van der Waals surface area (Å²) in [5.74, 6) is -1.83. The average Bonchev–Trinajstić information content (AvgIpc) is 3.61. The fourth-order valence-corrected chi connectivity index (χ4v) is 12.6. The Balaban J connectivity index is 0.000000232. The van der Waals surface area contributed by atoms with Gasteiger partial charge in [0.1, 0.15) is 13.1 Å². The van der Waals surface area contributed by atoms with Crippen LogP contribution >= 0.6 is 0 Å². The highest BCUT2D eigenvalue weighted by atomic mass is 32.2. The maximum atomic E-state index is 13.9. The molecule has 1 N–H and O–H groups in total. The van der Waals surface area contributed by atoms with Crippen LogP contribution in [0.4, 0.5) is 23.0 Å². The first-order valence-corrected chi connectivity index (χ1v) is 29.5. The molecule has 8 aromatic rings. The zero-order valence-electron chi connectivity index (χ0n) is 45.6. The number of hydrogen-bond acceptors (Lipinski definition) is 14. The molecule has 0 atom stereocenters. The lowest BCUT2D eigenvalue weighted by atomic mass is 10.1. The third-order valence-corrected chi connectivity index (χ3v) is 18.2. The number of rotatable bonds is 18. The molecule has 6 aromatic carbocycles. The largest absolute Gasteiger partial charge is 0.465 e. The first-order valence-electron chi connectivity index (χ1n) is 25.2. The molecule has 8 rings (SSSR count). The van der Waals surface area contributed by atoms with Crippen LogP contribution in [0.1, 0.15) is 40.2 Å². The van der Waals surface area contributed by atoms with Crippen molar-refractivity contribution in [3.05, 3.63) is 180 Å². The highest BCUT2D eigenvalue weighted by Gasteiger charge is 2.33. The highest BCUT2D eigenvalue weighted by molar-refractivity contribution is 7.93. The number of nitrogens with zero attached hydrogens (tertiary/aromatic N) is 5. The first kappa shape index (κ1) is 52.5. The van der Waals surface area contributed by atoms with E-state index in [9.17, 15) is 43.3 Å². The van der Waals surface area contributed by atoms with E-state index in [0.29, 0.717) is 15.1 Å². The maximum Gasteiger partial charge on any atom is 0.326 e. The van der Waals surface area contributed by atoms with Gasteiger partial charge in [0.25, 0.3) is 40.1 Å². The van der Waals surface area contributed by atoms with Crippen molar-refractivity contribution >= 4 is 96.6 Å². The quantitative estimate of drug-likeness (QED) is 0.0791. The van der Waals surface area contributed by atoms with E-state index in [4.69, 9.17) is 13.6 Å². The average molecular weight is 1120 g/mol. The molecule has 402 valence electrons. The van der Waals surface area contributed by atoms with Crippen LogP contribution in [0, 0.1) is 27.7 Å². The Hall–Kier alpha value is -7.92. The number of nitrogens with one attached hydrogen (secondary N) is 1. The predicted molar refractivity (Wildman–Crippen MR) is 297 cm³/mol. The molecule has 0 aliphatic rings. The van der Waals surface area contributed by atoms with Crippen molar-refractivity contribution in [3.63, 3.8) is 0 Å². The van der Waals surface area contributed by atoms with E-state index in [0.717, 1.165) is 37.1 Å². The van der Waals surface area contributed by atoms with E-state index in [1.54, 1.807) is 113 Å². The second-order valence-electron chi connectivity index (χ2n) is 17.3. The van der Waals surface area contributed by atoms with Crippen LogP contribution in [0.3, 0.4) is 0 Å². The minimum atomic E-state index is -4.63. The first-order chi connectivity index (χ1) is 37.7. The lowest BCUT2D eigenvalue weighted by Crippen LogP contribution is -2.37. The van der Waals surface area contributed by atoms with E-state index in [2.05, 4.69) is 14.7 Å². The number of aryl methyl sites for hydroxylation is 4. The van der Waals surface area contributed by atoms with Crippen molar-refractivity contribution in [2.45, 2.75) is 61.1 Å². The Morgan fingerprint density at radius 2 is 0.831 bits per heavy atom. The molecule has 0 fully saturated rings. The number of benzene rings is 6. The zero-order chi connectivity index (χ0) is 58.4. The molecule has 0 amide bonds. The third-order valence-electron chi connectivity index (χ3n) is 11.7. The van der Waals surface area contributed by atoms with Crippen molar-refractivity contribution in [2.75, 3.05) is 50.9 Å². The van der Waals surface area contributed by atoms with Gasteiger partial charge in [0, 0.05) is 32.6 Å². The molecule has 0 radical (unpaired) electrons. The number of anilines is 4. The van der Waals surface area contributed by atoms with E-state index in [1.807, 2.05) is 13.8 Å². The predicted octanol–water partition coefficient (Wildman–Crippen LogP) is 8.85. The van der Waals surface area contributed by atoms with Crippen molar-refractivity contribution in [2.24, 2.45) is 0 Å². The van der Waals surface area contributed by atoms with Crippen molar-refractivity contribution in [1.29, 1.82) is 0 Å². The van der Waals surface area contributed by atoms with Gasteiger partial charge in [-0.3, -0.25) is 18.6 Å². The summed E-state index contributed by atoms with van der Waals surface area (Å²) in [4.78, 5) is 33.4. The van der Waals surface area contributed by atoms with Gasteiger partial charge in [-0.05, 0) is 90.1 Å². The van der Waals surface area contributed by atoms with E-state index < -0.39 is 72.1 Å². The highest BCUT2D eigenvalue weighted by Crippen LogP contribution is 2.37. The summed E-state index contributed by atoms with van der Waals surface area (Å²) in [6.45, 7) is 6.01. The van der Waals surface area contributed by atoms with Crippen molar-refractivity contribution in [3.8, 4) is 0 Å². The fraction of sp³-hybridized carbons (Fsp3) is 0.200. The summed E-state index contributed by atoms with van der Waals surface area (Å²) < 4.78 is 148. The summed E-state index contributed by atoms with van der Waals surface area (Å²) >= 11 is 0. The number of fused-ring (bicyclic) bond motifs is 2. The Morgan fingerprint density at radius 1 is 0.481 bits per heavy atom. The van der Waals surface area contributed by atoms with E-state index in [-0.39, 0.29) is 66.6 Å². The molecule has 0 unspecified atom stereocenters. The molecule has 2 heterocycles. The number of carbonyl (C=O) groups is 2. The Bertz CT molecular complexity index is 4040. The summed E-state index contributed by atoms with van der Waals surface area (Å²) in [6.07, 6.45) is 2.23. The molecule has 0 aliphatic carbocycles. The molecular weight excluding hydrogens is 1060 g/mol. The molecule has 0 bridgehead atoms. The van der Waals surface area contributed by atoms with Crippen LogP contribution in [-0.4, -0.2) is 88.9 Å². The molecule has 0 spiro atoms. The lowest BCUT2D eigenvalue weighted by molar-refractivity contribution is -0.142. The van der Waals surface area contributed by atoms with Crippen molar-refractivity contribution < 1.29 is 56.8 Å². The number of hydrogen-bond donors (Lipinski definition) is 1. The fourth-order valence-electron chi connectivity index (χ4n) is 7.72. The Kier molecular flexibility index (Phi) is 16.1. The Labute approximate surface area is 453 Å². The smallest absolute Gasteiger partial charge is 0.326 e. The topological polar surface area (TPSA) is 237 Å². The number of sulfonamides is 4. The van der Waals surface area contributed by atoms with Crippen LogP contribution in [-0.2, 0) is 59.2 Å². The minimum Gasteiger partial charge on any atom is -0.465 e. The number of esters is 2. The molecule has 0 saturated carbocycles. The normalized spacial score (nSPS) is 12.5. The monoisotopic (exact) mass is 1120 g/mol. The second-order valence-corrected chi connectivity index (χ2v) is 24.5. The molecule has 2 aromatic heterocycles. The van der Waals surface area contributed by atoms with Gasteiger partial charge in [-0.2, -0.15) is 0 Å². The molecule has 22 heteroatoms. The van der Waals surface area contributed by atoms with Crippen LogP contribution in [0.25, 0.3) is 21.5 Å². The van der Waals surface area contributed by atoms with Gasteiger partial charge in [-0.15, -0.1) is 0 Å². The van der Waals surface area contributed by atoms with E-state index in [1.165, 1.54) is 66.9 Å². The molecule has 77 heavy (non-hydrogen) atoms. The van der Waals surface area contributed by atoms with Gasteiger partial charge in [-0.25, -0.2) is 52.2 Å². The van der Waals surface area contributed by atoms with Gasteiger partial charge in [0.05, 0.1) is 56.6 Å². The van der Waals surface area contributed by atoms with Crippen LogP contribution in [0.15, 0.2) is 178 Å². The summed E-state index contributed by atoms with van der Waals surface area (Å²) in [7, 11) is -17.2. The number of aromatic nitrogens is 2. The van der Waals surface area contributed by atoms with Crippen LogP contribution in [0.2, 0.25) is 0 Å². The van der Waals surface area contributed by atoms with Crippen LogP contribution < -0.4 is 17.6 Å². The van der Waals surface area contributed by atoms with E-state index >= 15 is 0 Å². The minimum absolute atomic E-state index is 0.00871. The van der Waals surface area contributed by atoms with Crippen molar-refractivity contribution in [1.82, 2.24) is 9.97 Å². The molecular formula is C55H56N6O12S4. The Morgan fingerprint density at radius 3 is 1.23 bits per heavy atom. The third kappa shape index (κ3) is 12.7. The molecule has 18 nitrogen and oxygen atoms in total. The van der Waals surface area contributed by atoms with Gasteiger partial charge >= 0.3 is 11.9 Å². The van der Waals surface area contributed by atoms with Gasteiger partial charge in [0.15, 0.2) is 11.6 Å². The summed E-state index contributed by atoms with van der Waals surface area (Å²) in [5, 5.41) is 0.920. The zero-order valence-corrected chi connectivity index (χ0v) is 45.9. The molecule has 0 aliphatic heterocycles. The lowest BCUT2D eigenvalue weighted by Gasteiger charge is -2.26. The SMILES string of the molecule is CCOC(=O)CN(c1ncc(NS(=O)(=O)c2ccc(C)cc2)c2ccccc12)S(=O)(=O)c1ccc(C)cc1.[2H]C([2H])([2H])N(c1cnc(N(CC(=O)OCC)S(=O)(=O)c2ccc(C)cc2)c2ccccc12)S(=O)(=O)c1ccc(C)cc1. The molecule has 0 saturated heterocycles. The number of carbonyl (C=O) groups excluding carboxylic acids is 2. The second kappa shape index (κ2) is 23.5. The number of ether oxygens (including phenoxy) is 2. The number of pyridine rings is 2. The van der Waals surface area contributed by atoms with Crippen LogP contribution in [0.5, 0.6) is 0 Å².